The van der Waals surface area contributed by atoms with Gasteiger partial charge in [-0.1, -0.05) is 18.2 Å². The summed E-state index contributed by atoms with van der Waals surface area (Å²) >= 11 is 0. The normalized spacial score (nSPS) is 14.9. The number of rotatable bonds is 4. The second-order valence-corrected chi connectivity index (χ2v) is 7.90. The van der Waals surface area contributed by atoms with Crippen LogP contribution < -0.4 is 10.2 Å². The second kappa shape index (κ2) is 8.50. The number of benzene rings is 2. The Morgan fingerprint density at radius 3 is 2.30 bits per heavy atom. The van der Waals surface area contributed by atoms with Crippen LogP contribution in [0.2, 0.25) is 0 Å². The maximum atomic E-state index is 13.1. The fraction of sp³-hybridized carbons (Fsp3) is 0.333. The first kappa shape index (κ1) is 19.8. The van der Waals surface area contributed by atoms with Crippen molar-refractivity contribution in [2.45, 2.75) is 39.0 Å². The van der Waals surface area contributed by atoms with E-state index in [1.165, 1.54) is 6.42 Å². The lowest BCUT2D eigenvalue weighted by Crippen LogP contribution is -2.33. The summed E-state index contributed by atoms with van der Waals surface area (Å²) in [5.74, 6) is -0.777. The minimum atomic E-state index is -1.04. The molecule has 3 aromatic rings. The summed E-state index contributed by atoms with van der Waals surface area (Å²) in [6.07, 6.45) is 3.32. The van der Waals surface area contributed by atoms with Crippen LogP contribution >= 0.6 is 0 Å². The third-order valence-electron chi connectivity index (χ3n) is 5.39. The number of hydrogen-bond acceptors (Lipinski definition) is 5. The molecule has 2 heterocycles. The van der Waals surface area contributed by atoms with Gasteiger partial charge in [0.05, 0.1) is 17.1 Å². The molecule has 30 heavy (non-hydrogen) atoms. The Kier molecular flexibility index (Phi) is 5.62. The average molecular weight is 399 g/mol. The molecule has 4 rings (SSSR count). The third kappa shape index (κ3) is 4.11. The molecule has 1 saturated heterocycles. The van der Waals surface area contributed by atoms with Crippen molar-refractivity contribution in [3.8, 4) is 6.07 Å². The van der Waals surface area contributed by atoms with Crippen molar-refractivity contribution >= 4 is 28.4 Å². The maximum absolute atomic E-state index is 13.1. The van der Waals surface area contributed by atoms with E-state index >= 15 is 0 Å². The number of amides is 1. The van der Waals surface area contributed by atoms with Crippen LogP contribution in [0.1, 0.15) is 42.0 Å². The van der Waals surface area contributed by atoms with E-state index in [1.807, 2.05) is 56.3 Å². The number of aromatic nitrogens is 2. The average Bonchev–Trinajstić information content (AvgIpc) is 2.73. The Morgan fingerprint density at radius 1 is 1.03 bits per heavy atom. The molecule has 1 aromatic heterocycles. The van der Waals surface area contributed by atoms with Gasteiger partial charge < -0.3 is 10.2 Å². The second-order valence-electron chi connectivity index (χ2n) is 7.90. The molecule has 6 heteroatoms. The molecule has 1 aliphatic heterocycles. The molecular weight excluding hydrogens is 374 g/mol. The number of para-hydroxylation sites is 2. The van der Waals surface area contributed by atoms with Crippen LogP contribution in [-0.2, 0) is 4.79 Å². The molecule has 0 saturated carbocycles. The van der Waals surface area contributed by atoms with E-state index in [0.717, 1.165) is 42.6 Å². The van der Waals surface area contributed by atoms with Crippen LogP contribution in [0.3, 0.4) is 0 Å². The van der Waals surface area contributed by atoms with Gasteiger partial charge in [-0.25, -0.2) is 9.97 Å². The third-order valence-corrected chi connectivity index (χ3v) is 5.39. The van der Waals surface area contributed by atoms with Crippen molar-refractivity contribution in [1.82, 2.24) is 9.97 Å². The van der Waals surface area contributed by atoms with Crippen molar-refractivity contribution in [3.05, 3.63) is 59.3 Å². The molecule has 1 atom stereocenters. The highest BCUT2D eigenvalue weighted by Gasteiger charge is 2.29. The minimum Gasteiger partial charge on any atom is -0.355 e. The molecule has 0 radical (unpaired) electrons. The molecule has 1 amide bonds. The number of piperidine rings is 1. The summed E-state index contributed by atoms with van der Waals surface area (Å²) in [5, 5.41) is 12.8. The van der Waals surface area contributed by atoms with Crippen LogP contribution in [0, 0.1) is 25.2 Å². The lowest BCUT2D eigenvalue weighted by atomic mass is 10.0. The first-order valence-electron chi connectivity index (χ1n) is 10.4. The largest absolute Gasteiger partial charge is 0.355 e. The van der Waals surface area contributed by atoms with Crippen molar-refractivity contribution in [2.75, 3.05) is 23.3 Å². The Hall–Kier alpha value is -3.46. The first-order valence-corrected chi connectivity index (χ1v) is 10.4. The molecule has 1 unspecified atom stereocenters. The smallest absolute Gasteiger partial charge is 0.248 e. The van der Waals surface area contributed by atoms with Gasteiger partial charge in [-0.3, -0.25) is 4.79 Å². The molecule has 1 aliphatic rings. The van der Waals surface area contributed by atoms with Gasteiger partial charge in [0.15, 0.2) is 11.7 Å². The molecule has 152 valence electrons. The lowest BCUT2D eigenvalue weighted by molar-refractivity contribution is -0.116. The van der Waals surface area contributed by atoms with Gasteiger partial charge in [-0.15, -0.1) is 0 Å². The summed E-state index contributed by atoms with van der Waals surface area (Å²) in [6, 6.07) is 15.6. The minimum absolute atomic E-state index is 0.384. The topological polar surface area (TPSA) is 81.9 Å². The lowest BCUT2D eigenvalue weighted by Gasteiger charge is -2.29. The van der Waals surface area contributed by atoms with E-state index in [9.17, 15) is 10.1 Å². The predicted molar refractivity (Wildman–Crippen MR) is 119 cm³/mol. The molecule has 0 bridgehead atoms. The zero-order valence-electron chi connectivity index (χ0n) is 17.4. The Labute approximate surface area is 176 Å². The number of fused-ring (bicyclic) bond motifs is 1. The summed E-state index contributed by atoms with van der Waals surface area (Å²) < 4.78 is 0. The summed E-state index contributed by atoms with van der Waals surface area (Å²) in [6.45, 7) is 5.68. The molecule has 1 fully saturated rings. The van der Waals surface area contributed by atoms with Gasteiger partial charge >= 0.3 is 0 Å². The number of nitriles is 1. The Morgan fingerprint density at radius 2 is 1.67 bits per heavy atom. The van der Waals surface area contributed by atoms with Crippen molar-refractivity contribution in [3.63, 3.8) is 0 Å². The van der Waals surface area contributed by atoms with E-state index in [4.69, 9.17) is 9.97 Å². The van der Waals surface area contributed by atoms with Crippen LogP contribution in [0.5, 0.6) is 0 Å². The number of anilines is 2. The van der Waals surface area contributed by atoms with Gasteiger partial charge in [0.25, 0.3) is 0 Å². The summed E-state index contributed by atoms with van der Waals surface area (Å²) in [7, 11) is 0. The number of carbonyl (C=O) groups is 1. The highest BCUT2D eigenvalue weighted by Crippen LogP contribution is 2.30. The zero-order chi connectivity index (χ0) is 21.1. The van der Waals surface area contributed by atoms with Crippen molar-refractivity contribution < 1.29 is 4.79 Å². The zero-order valence-corrected chi connectivity index (χ0v) is 17.4. The van der Waals surface area contributed by atoms with Crippen LogP contribution in [0.4, 0.5) is 11.5 Å². The van der Waals surface area contributed by atoms with Gasteiger partial charge in [-0.2, -0.15) is 5.26 Å². The highest BCUT2D eigenvalue weighted by molar-refractivity contribution is 5.98. The first-order chi connectivity index (χ1) is 14.5. The van der Waals surface area contributed by atoms with E-state index < -0.39 is 5.92 Å². The van der Waals surface area contributed by atoms with Crippen LogP contribution in [0.25, 0.3) is 11.0 Å². The number of nitrogens with zero attached hydrogens (tertiary/aromatic N) is 4. The molecule has 0 aliphatic carbocycles. The standard InChI is InChI=1S/C24H25N5O/c1-16-12-17(2)14-18(13-16)26-24(30)19(15-25)22-23(29-10-6-3-7-11-29)28-21-9-5-4-8-20(21)27-22/h4-5,8-9,12-14,19H,3,6-7,10-11H2,1-2H3,(H,26,30). The predicted octanol–water partition coefficient (Wildman–Crippen LogP) is 4.48. The Bertz CT molecular complexity index is 1110. The highest BCUT2D eigenvalue weighted by atomic mass is 16.1. The molecule has 0 spiro atoms. The number of nitrogens with one attached hydrogen (secondary N) is 1. The van der Waals surface area contributed by atoms with E-state index in [0.29, 0.717) is 22.7 Å². The van der Waals surface area contributed by atoms with E-state index in [1.54, 1.807) is 0 Å². The van der Waals surface area contributed by atoms with Gasteiger partial charge in [-0.05, 0) is 68.5 Å². The molecule has 2 aromatic carbocycles. The molecule has 6 nitrogen and oxygen atoms in total. The number of hydrogen-bond donors (Lipinski definition) is 1. The van der Waals surface area contributed by atoms with Gasteiger partial charge in [0.2, 0.25) is 5.91 Å². The van der Waals surface area contributed by atoms with Crippen LogP contribution in [-0.4, -0.2) is 29.0 Å². The van der Waals surface area contributed by atoms with Gasteiger partial charge in [0, 0.05) is 18.8 Å². The Balaban J connectivity index is 1.74. The van der Waals surface area contributed by atoms with E-state index in [2.05, 4.69) is 16.3 Å². The van der Waals surface area contributed by atoms with Crippen molar-refractivity contribution in [1.29, 1.82) is 5.26 Å². The number of carbonyl (C=O) groups excluding carboxylic acids is 1. The maximum Gasteiger partial charge on any atom is 0.248 e. The number of aryl methyl sites for hydroxylation is 2. The summed E-state index contributed by atoms with van der Waals surface area (Å²) in [5.41, 5.74) is 4.68. The molecular formula is C24H25N5O. The quantitative estimate of drug-likeness (QED) is 0.699. The molecule has 1 N–H and O–H groups in total. The fourth-order valence-electron chi connectivity index (χ4n) is 4.04. The van der Waals surface area contributed by atoms with Crippen LogP contribution in [0.15, 0.2) is 42.5 Å². The van der Waals surface area contributed by atoms with Crippen molar-refractivity contribution in [2.24, 2.45) is 0 Å². The fourth-order valence-corrected chi connectivity index (χ4v) is 4.04. The van der Waals surface area contributed by atoms with Gasteiger partial charge in [0.1, 0.15) is 5.69 Å². The van der Waals surface area contributed by atoms with E-state index in [-0.39, 0.29) is 5.91 Å². The summed E-state index contributed by atoms with van der Waals surface area (Å²) in [4.78, 5) is 24.8. The monoisotopic (exact) mass is 399 g/mol. The SMILES string of the molecule is Cc1cc(C)cc(NC(=O)C(C#N)c2nc3ccccc3nc2N2CCCCC2)c1.